The van der Waals surface area contributed by atoms with Crippen LogP contribution in [0.5, 0.6) is 0 Å². The van der Waals surface area contributed by atoms with Gasteiger partial charge >= 0.3 is 0 Å². The van der Waals surface area contributed by atoms with Crippen LogP contribution in [0.15, 0.2) is 193 Å². The number of aromatic nitrogens is 4. The van der Waals surface area contributed by atoms with Crippen LogP contribution < -0.4 is 10.6 Å². The van der Waals surface area contributed by atoms with Gasteiger partial charge in [0.05, 0.1) is 61.2 Å². The molecule has 13 rings (SSSR count). The summed E-state index contributed by atoms with van der Waals surface area (Å²) in [7, 11) is 1.84. The van der Waals surface area contributed by atoms with Gasteiger partial charge in [-0.1, -0.05) is 97.1 Å². The van der Waals surface area contributed by atoms with Gasteiger partial charge in [-0.2, -0.15) is 5.10 Å². The average Bonchev–Trinajstić information content (AvgIpc) is 2.35. The zero-order chi connectivity index (χ0) is 58.0. The fourth-order valence-electron chi connectivity index (χ4n) is 11.8. The molecule has 0 bridgehead atoms. The smallest absolute Gasteiger partial charge is 0.265 e. The van der Waals surface area contributed by atoms with Gasteiger partial charge in [0.1, 0.15) is 17.5 Å². The van der Waals surface area contributed by atoms with Crippen LogP contribution in [0.25, 0.3) is 11.1 Å². The number of rotatable bonds is 12. The monoisotopic (exact) mass is 1120 g/mol. The van der Waals surface area contributed by atoms with Crippen molar-refractivity contribution in [3.8, 4) is 11.1 Å². The summed E-state index contributed by atoms with van der Waals surface area (Å²) in [5.41, 5.74) is 5.40. The first-order valence-corrected chi connectivity index (χ1v) is 27.1. The lowest BCUT2D eigenvalue weighted by Gasteiger charge is -2.30. The van der Waals surface area contributed by atoms with Gasteiger partial charge in [-0.15, -0.1) is 0 Å². The third-order valence-electron chi connectivity index (χ3n) is 16.3. The van der Waals surface area contributed by atoms with Crippen LogP contribution in [0.4, 0.5) is 18.9 Å². The van der Waals surface area contributed by atoms with E-state index < -0.39 is 40.6 Å². The molecule has 0 aliphatic carbocycles. The number of nitrogens with zero attached hydrogens (tertiary/aromatic N) is 9. The number of hydrogen-bond acceptors (Lipinski definition) is 9. The van der Waals surface area contributed by atoms with Gasteiger partial charge in [0.25, 0.3) is 23.6 Å². The van der Waals surface area contributed by atoms with Crippen molar-refractivity contribution in [2.75, 3.05) is 0 Å². The van der Waals surface area contributed by atoms with E-state index in [1.54, 1.807) is 124 Å². The molecule has 4 aliphatic heterocycles. The predicted molar refractivity (Wildman–Crippen MR) is 305 cm³/mol. The number of hydrogen-bond donors (Lipinski definition) is 3. The van der Waals surface area contributed by atoms with Crippen LogP contribution in [0, 0.1) is 22.9 Å². The second-order valence-electron chi connectivity index (χ2n) is 21.3. The highest BCUT2D eigenvalue weighted by molar-refractivity contribution is 6.13. The van der Waals surface area contributed by atoms with Crippen molar-refractivity contribution in [2.45, 2.75) is 56.8 Å². The lowest BCUT2D eigenvalue weighted by molar-refractivity contribution is -0.131. The van der Waals surface area contributed by atoms with Crippen LogP contribution in [0.1, 0.15) is 89.7 Å². The SMILES string of the molecule is C[C@H](c1cccc(C(=O)N2Cc3cnn(C)c3C2)c1)N1C(=O)C(c2ccc(F)cc2)(c2ccc(F)cc2)N/C1=N\c1ccc(C2(c3ccc(-c4ccc(F)cc4)cc3)NC(=N)N(Cc3cccc(C(=O)N4Cc5nccnc5C4)c3)C2=O)cc1. The lowest BCUT2D eigenvalue weighted by Crippen LogP contribution is -2.45. The van der Waals surface area contributed by atoms with Crippen LogP contribution in [0.3, 0.4) is 0 Å². The van der Waals surface area contributed by atoms with Gasteiger partial charge in [-0.3, -0.25) is 49.0 Å². The van der Waals surface area contributed by atoms with Crippen molar-refractivity contribution in [3.63, 3.8) is 0 Å². The Morgan fingerprint density at radius 1 is 0.619 bits per heavy atom. The van der Waals surface area contributed by atoms with Crippen molar-refractivity contribution in [2.24, 2.45) is 12.0 Å². The molecule has 19 heteroatoms. The quantitative estimate of drug-likeness (QED) is 0.107. The standard InChI is InChI=1S/C65H51F3N12O4/c1-39(43-6-4-8-45(32-43)59(82)77-35-46-33-72-76(2)57(46)38-77)80-61(84)65(48-15-23-52(67)24-16-48,49-17-25-53(68)26-18-49)75-63(80)73-54-27-19-50(20-28-54)64(47-13-9-41(10-14-47)42-11-21-51(66)22-12-42)60(83)79(62(69)74-64)34-40-5-3-7-44(31-40)58(81)78-36-55-56(37-78)71-30-29-70-55/h3-33,39H,34-38H2,1-2H3,(H2,69,74)(H,73,75)/t39-,64?/m1/s1. The van der Waals surface area contributed by atoms with Crippen molar-refractivity contribution in [3.05, 3.63) is 273 Å². The molecule has 9 aromatic rings. The molecule has 1 unspecified atom stereocenters. The summed E-state index contributed by atoms with van der Waals surface area (Å²) >= 11 is 0. The summed E-state index contributed by atoms with van der Waals surface area (Å²) in [6.45, 7) is 3.14. The van der Waals surface area contributed by atoms with E-state index in [0.717, 1.165) is 33.8 Å². The van der Waals surface area contributed by atoms with Crippen LogP contribution >= 0.6 is 0 Å². The molecule has 4 aliphatic rings. The zero-order valence-electron chi connectivity index (χ0n) is 45.3. The molecule has 7 aromatic carbocycles. The molecule has 2 fully saturated rings. The molecule has 3 N–H and O–H groups in total. The molecule has 0 radical (unpaired) electrons. The zero-order valence-corrected chi connectivity index (χ0v) is 45.3. The Balaban J connectivity index is 0.865. The first-order chi connectivity index (χ1) is 40.7. The first-order valence-electron chi connectivity index (χ1n) is 27.1. The number of halogens is 3. The molecule has 2 atom stereocenters. The highest BCUT2D eigenvalue weighted by Gasteiger charge is 2.55. The minimum atomic E-state index is -1.76. The van der Waals surface area contributed by atoms with Gasteiger partial charge in [-0.25, -0.2) is 18.2 Å². The number of fused-ring (bicyclic) bond motifs is 2. The largest absolute Gasteiger partial charge is 0.334 e. The maximum atomic E-state index is 15.7. The van der Waals surface area contributed by atoms with Crippen LogP contribution in [0.2, 0.25) is 0 Å². The number of nitrogens with one attached hydrogen (secondary N) is 3. The Morgan fingerprint density at radius 2 is 1.12 bits per heavy atom. The molecular weight excluding hydrogens is 1070 g/mol. The third kappa shape index (κ3) is 9.09. The molecule has 6 heterocycles. The minimum absolute atomic E-state index is 0.0604. The Labute approximate surface area is 480 Å². The second-order valence-corrected chi connectivity index (χ2v) is 21.3. The van der Waals surface area contributed by atoms with Gasteiger partial charge in [0, 0.05) is 42.7 Å². The summed E-state index contributed by atoms with van der Waals surface area (Å²) in [5.74, 6) is -3.00. The van der Waals surface area contributed by atoms with E-state index >= 15 is 9.59 Å². The molecule has 84 heavy (non-hydrogen) atoms. The van der Waals surface area contributed by atoms with Gasteiger partial charge < -0.3 is 20.4 Å². The topological polar surface area (TPSA) is 185 Å². The summed E-state index contributed by atoms with van der Waals surface area (Å²) < 4.78 is 45.2. The maximum absolute atomic E-state index is 15.7. The second kappa shape index (κ2) is 20.8. The van der Waals surface area contributed by atoms with Crippen molar-refractivity contribution in [1.29, 1.82) is 5.41 Å². The predicted octanol–water partition coefficient (Wildman–Crippen LogP) is 9.54. The van der Waals surface area contributed by atoms with Crippen LogP contribution in [-0.4, -0.2) is 74.9 Å². The Bertz CT molecular complexity index is 4090. The fraction of sp³-hybridized carbons (Fsp3) is 0.154. The number of guanidine groups is 2. The molecular formula is C65H51F3N12O4. The number of amides is 4. The Morgan fingerprint density at radius 3 is 1.70 bits per heavy atom. The first kappa shape index (κ1) is 52.8. The van der Waals surface area contributed by atoms with Crippen molar-refractivity contribution < 1.29 is 32.3 Å². The summed E-state index contributed by atoms with van der Waals surface area (Å²) in [6.07, 6.45) is 4.95. The average molecular weight is 1120 g/mol. The summed E-state index contributed by atoms with van der Waals surface area (Å²) in [4.78, 5) is 79.2. The lowest BCUT2D eigenvalue weighted by atomic mass is 9.82. The van der Waals surface area contributed by atoms with Gasteiger partial charge in [-0.05, 0) is 124 Å². The number of aryl methyl sites for hydroxylation is 1. The molecule has 416 valence electrons. The number of aliphatic imine (C=N–C) groups is 1. The van der Waals surface area contributed by atoms with Crippen molar-refractivity contribution >= 4 is 41.2 Å². The molecule has 16 nitrogen and oxygen atoms in total. The number of benzene rings is 7. The van der Waals surface area contributed by atoms with E-state index in [9.17, 15) is 28.2 Å². The van der Waals surface area contributed by atoms with E-state index in [1.165, 1.54) is 70.5 Å². The molecule has 2 saturated heterocycles. The number of carbonyl (C=O) groups excluding carboxylic acids is 4. The van der Waals surface area contributed by atoms with Gasteiger partial charge in [0.15, 0.2) is 17.0 Å². The Kier molecular flexibility index (Phi) is 13.0. The van der Waals surface area contributed by atoms with E-state index in [4.69, 9.17) is 4.99 Å². The van der Waals surface area contributed by atoms with Crippen molar-refractivity contribution in [1.82, 2.24) is 50.0 Å². The van der Waals surface area contributed by atoms with Gasteiger partial charge in [0.2, 0.25) is 5.96 Å². The molecule has 4 amide bonds. The molecule has 2 aromatic heterocycles. The van der Waals surface area contributed by atoms with E-state index in [2.05, 4.69) is 25.7 Å². The highest BCUT2D eigenvalue weighted by atomic mass is 19.1. The minimum Gasteiger partial charge on any atom is -0.334 e. The maximum Gasteiger partial charge on any atom is 0.265 e. The normalized spacial score (nSPS) is 17.8. The Hall–Kier alpha value is -10.6. The summed E-state index contributed by atoms with van der Waals surface area (Å²) in [5, 5.41) is 20.4. The highest BCUT2D eigenvalue weighted by Crippen LogP contribution is 2.43. The van der Waals surface area contributed by atoms with E-state index in [1.807, 2.05) is 32.2 Å². The van der Waals surface area contributed by atoms with E-state index in [-0.39, 0.29) is 36.1 Å². The molecule has 0 spiro atoms. The number of carbonyl (C=O) groups is 4. The van der Waals surface area contributed by atoms with E-state index in [0.29, 0.717) is 76.4 Å². The third-order valence-corrected chi connectivity index (χ3v) is 16.3. The fourth-order valence-corrected chi connectivity index (χ4v) is 11.8. The molecule has 0 saturated carbocycles. The van der Waals surface area contributed by atoms with Crippen LogP contribution in [-0.2, 0) is 60.4 Å². The summed E-state index contributed by atoms with van der Waals surface area (Å²) in [6, 6.07) is 44.2.